The summed E-state index contributed by atoms with van der Waals surface area (Å²) in [7, 11) is 2.32. The highest BCUT2D eigenvalue weighted by Gasteiger charge is 2.66. The molecule has 0 radical (unpaired) electrons. The summed E-state index contributed by atoms with van der Waals surface area (Å²) in [5.41, 5.74) is 13.1. The van der Waals surface area contributed by atoms with Gasteiger partial charge in [-0.25, -0.2) is 0 Å². The van der Waals surface area contributed by atoms with Crippen LogP contribution in [0.4, 0.5) is 0 Å². The van der Waals surface area contributed by atoms with Gasteiger partial charge in [0.05, 0.1) is 16.5 Å². The largest absolute Gasteiger partial charge is 0.417 e. The van der Waals surface area contributed by atoms with Gasteiger partial charge in [-0.15, -0.1) is 4.57 Å². The molecule has 1 unspecified atom stereocenters. The molecule has 4 heterocycles. The van der Waals surface area contributed by atoms with Gasteiger partial charge < -0.3 is 4.57 Å². The normalized spacial score (nSPS) is 20.3. The molecular weight excluding hydrogens is 719 g/mol. The Morgan fingerprint density at radius 1 is 0.746 bits per heavy atom. The third-order valence-corrected chi connectivity index (χ3v) is 14.7. The Hall–Kier alpha value is -5.29. The zero-order valence-corrected chi connectivity index (χ0v) is 35.9. The molecule has 0 N–H and O–H groups in total. The standard InChI is InChI=1S/C54H59N5/c1-35(2)45-31-37-20-16-17-25-43(37)48-49-52(56(6)50(45)48)51-47-44-28-27-40(53(3,4)5)30-38(44)26-29-46(47)54(59(51)34-55-49)57(41-21-12-8-13-22-41)32-39(36-18-10-7-11-19-36)33-58(54)42-23-14-9-15-24-42/h7,10-11,16-20,25-35,41-42H,8-9,12-15,21-24H2,1-6H3/q+2. The van der Waals surface area contributed by atoms with Crippen LogP contribution in [-0.2, 0) is 18.2 Å². The summed E-state index contributed by atoms with van der Waals surface area (Å²) >= 11 is 0. The molecule has 1 atom stereocenters. The highest BCUT2D eigenvalue weighted by Crippen LogP contribution is 2.52. The van der Waals surface area contributed by atoms with E-state index in [-0.39, 0.29) is 5.41 Å². The monoisotopic (exact) mass is 777 g/mol. The molecule has 298 valence electrons. The number of aromatic nitrogens is 3. The van der Waals surface area contributed by atoms with Crippen molar-refractivity contribution in [3.8, 4) is 11.3 Å². The average molecular weight is 778 g/mol. The fraction of sp³-hybridized carbons (Fsp3) is 0.389. The molecule has 1 spiro atoms. The zero-order valence-electron chi connectivity index (χ0n) is 35.9. The van der Waals surface area contributed by atoms with Gasteiger partial charge in [0, 0.05) is 37.7 Å². The summed E-state index contributed by atoms with van der Waals surface area (Å²) in [6.07, 6.45) is 19.9. The molecule has 59 heavy (non-hydrogen) atoms. The van der Waals surface area contributed by atoms with Gasteiger partial charge in [-0.1, -0.05) is 139 Å². The molecule has 2 aliphatic heterocycles. The number of aryl methyl sites for hydroxylation is 1. The Morgan fingerprint density at radius 2 is 1.46 bits per heavy atom. The second-order valence-electron chi connectivity index (χ2n) is 19.6. The maximum atomic E-state index is 5.70. The van der Waals surface area contributed by atoms with E-state index in [0.29, 0.717) is 18.0 Å². The van der Waals surface area contributed by atoms with Crippen LogP contribution in [-0.4, -0.2) is 37.3 Å². The third kappa shape index (κ3) is 5.38. The zero-order chi connectivity index (χ0) is 40.2. The van der Waals surface area contributed by atoms with Crippen molar-refractivity contribution in [2.75, 3.05) is 0 Å². The Morgan fingerprint density at radius 3 is 2.20 bits per heavy atom. The van der Waals surface area contributed by atoms with E-state index in [1.807, 2.05) is 0 Å². The van der Waals surface area contributed by atoms with Crippen LogP contribution >= 0.6 is 0 Å². The topological polar surface area (TPSA) is 27.9 Å². The quantitative estimate of drug-likeness (QED) is 0.167. The van der Waals surface area contributed by atoms with Crippen LogP contribution in [0.15, 0.2) is 104 Å². The Balaban J connectivity index is 1.32. The van der Waals surface area contributed by atoms with Crippen molar-refractivity contribution in [3.63, 3.8) is 0 Å². The molecule has 11 rings (SSSR count). The minimum absolute atomic E-state index is 0.0505. The smallest absolute Gasteiger partial charge is 0.337 e. The molecule has 0 saturated heterocycles. The van der Waals surface area contributed by atoms with Crippen molar-refractivity contribution in [1.29, 1.82) is 0 Å². The average Bonchev–Trinajstić information content (AvgIpc) is 3.73. The second kappa shape index (κ2) is 13.6. The van der Waals surface area contributed by atoms with Crippen LogP contribution in [0.5, 0.6) is 0 Å². The van der Waals surface area contributed by atoms with E-state index >= 15 is 0 Å². The molecule has 7 aromatic rings. The first-order chi connectivity index (χ1) is 28.7. The number of hydrogen-bond donors (Lipinski definition) is 0. The van der Waals surface area contributed by atoms with E-state index < -0.39 is 5.79 Å². The number of nitrogens with zero attached hydrogens (tertiary/aromatic N) is 5. The second-order valence-corrected chi connectivity index (χ2v) is 19.6. The lowest BCUT2D eigenvalue weighted by Crippen LogP contribution is -2.74. The minimum atomic E-state index is -0.621. The van der Waals surface area contributed by atoms with Crippen LogP contribution in [0.25, 0.3) is 60.3 Å². The maximum absolute atomic E-state index is 5.70. The molecule has 2 saturated carbocycles. The number of allylic oxidation sites excluding steroid dienone is 1. The van der Waals surface area contributed by atoms with E-state index in [1.165, 1.54) is 141 Å². The number of rotatable bonds is 4. The molecule has 5 aromatic carbocycles. The van der Waals surface area contributed by atoms with E-state index in [9.17, 15) is 0 Å². The van der Waals surface area contributed by atoms with Crippen molar-refractivity contribution in [2.24, 2.45) is 7.05 Å². The lowest BCUT2D eigenvalue weighted by atomic mass is 9.84. The Bertz CT molecular complexity index is 2880. The van der Waals surface area contributed by atoms with Gasteiger partial charge in [0.2, 0.25) is 5.52 Å². The highest BCUT2D eigenvalue weighted by molar-refractivity contribution is 6.22. The van der Waals surface area contributed by atoms with Crippen LogP contribution in [0.3, 0.4) is 0 Å². The summed E-state index contributed by atoms with van der Waals surface area (Å²) in [5.74, 6) is -0.260. The SMILES string of the molecule is CC(C)c1cc2ccccc2c2c3nc[n+]4c(c3n(C)c12)-c1c(ccc2cc(C(C)(C)C)ccc12)C41N(C2CCCCC2)C=C(c2ccccc2)C=[N+]1C1CCCCC1. The first-order valence-corrected chi connectivity index (χ1v) is 22.7. The van der Waals surface area contributed by atoms with Crippen LogP contribution in [0.2, 0.25) is 0 Å². The Kier molecular flexibility index (Phi) is 8.49. The molecule has 0 amide bonds. The predicted molar refractivity (Wildman–Crippen MR) is 245 cm³/mol. The molecule has 2 aliphatic carbocycles. The number of hydrogen-bond acceptors (Lipinski definition) is 2. The third-order valence-electron chi connectivity index (χ3n) is 14.7. The van der Waals surface area contributed by atoms with Gasteiger partial charge in [0.1, 0.15) is 11.1 Å². The molecule has 5 nitrogen and oxygen atoms in total. The Labute approximate surface area is 349 Å². The lowest BCUT2D eigenvalue weighted by molar-refractivity contribution is -0.944. The summed E-state index contributed by atoms with van der Waals surface area (Å²) in [6.45, 7) is 11.7. The van der Waals surface area contributed by atoms with Gasteiger partial charge in [0.15, 0.2) is 18.0 Å². The molecular formula is C54H59N5+2. The summed E-state index contributed by atoms with van der Waals surface area (Å²) in [5, 5.41) is 6.49. The van der Waals surface area contributed by atoms with Gasteiger partial charge in [-0.2, -0.15) is 4.58 Å². The van der Waals surface area contributed by atoms with Crippen LogP contribution in [0.1, 0.15) is 127 Å². The van der Waals surface area contributed by atoms with E-state index in [2.05, 4.69) is 170 Å². The van der Waals surface area contributed by atoms with E-state index in [1.54, 1.807) is 0 Å². The van der Waals surface area contributed by atoms with Crippen molar-refractivity contribution < 1.29 is 9.14 Å². The summed E-state index contributed by atoms with van der Waals surface area (Å²) in [4.78, 5) is 8.56. The molecule has 2 fully saturated rings. The van der Waals surface area contributed by atoms with Gasteiger partial charge in [-0.3, -0.25) is 4.90 Å². The highest BCUT2D eigenvalue weighted by atomic mass is 15.5. The van der Waals surface area contributed by atoms with Crippen LogP contribution in [0, 0.1) is 0 Å². The van der Waals surface area contributed by atoms with Gasteiger partial charge >= 0.3 is 5.79 Å². The molecule has 5 heteroatoms. The first-order valence-electron chi connectivity index (χ1n) is 22.7. The number of fused-ring (bicyclic) bond motifs is 13. The first kappa shape index (κ1) is 36.8. The predicted octanol–water partition coefficient (Wildman–Crippen LogP) is 12.5. The van der Waals surface area contributed by atoms with Gasteiger partial charge in [0.25, 0.3) is 6.33 Å². The van der Waals surface area contributed by atoms with Crippen molar-refractivity contribution in [1.82, 2.24) is 14.5 Å². The fourth-order valence-corrected chi connectivity index (χ4v) is 11.8. The van der Waals surface area contributed by atoms with Gasteiger partial charge in [-0.05, 0) is 92.4 Å². The summed E-state index contributed by atoms with van der Waals surface area (Å²) < 4.78 is 8.06. The van der Waals surface area contributed by atoms with E-state index in [0.717, 1.165) is 5.52 Å². The maximum Gasteiger partial charge on any atom is 0.417 e. The van der Waals surface area contributed by atoms with Crippen molar-refractivity contribution in [3.05, 3.63) is 126 Å². The van der Waals surface area contributed by atoms with Crippen LogP contribution < -0.4 is 4.57 Å². The van der Waals surface area contributed by atoms with Crippen molar-refractivity contribution >= 4 is 55.3 Å². The lowest BCUT2D eigenvalue weighted by Gasteiger charge is -2.45. The summed E-state index contributed by atoms with van der Waals surface area (Å²) in [6, 6.07) is 35.7. The fourth-order valence-electron chi connectivity index (χ4n) is 11.8. The minimum Gasteiger partial charge on any atom is -0.337 e. The molecule has 2 aromatic heterocycles. The van der Waals surface area contributed by atoms with Crippen molar-refractivity contribution in [2.45, 2.75) is 128 Å². The molecule has 4 aliphatic rings. The molecule has 0 bridgehead atoms. The van der Waals surface area contributed by atoms with E-state index in [4.69, 9.17) is 4.98 Å². The number of benzene rings is 5.